The average Bonchev–Trinajstić information content (AvgIpc) is 3.17. The van der Waals surface area contributed by atoms with E-state index in [1.807, 2.05) is 42.2 Å². The number of carbonyl (C=O) groups excluding carboxylic acids is 1. The number of thioether (sulfide) groups is 1. The summed E-state index contributed by atoms with van der Waals surface area (Å²) in [5.41, 5.74) is 1.77. The van der Waals surface area contributed by atoms with E-state index in [2.05, 4.69) is 30.9 Å². The third-order valence-corrected chi connectivity index (χ3v) is 7.03. The topological polar surface area (TPSA) is 45.7 Å². The highest BCUT2D eigenvalue weighted by Gasteiger charge is 2.24. The number of benzene rings is 2. The second-order valence-electron chi connectivity index (χ2n) is 7.53. The molecule has 1 aliphatic rings. The first-order chi connectivity index (χ1) is 14.5. The molecule has 2 aromatic carbocycles. The highest BCUT2D eigenvalue weighted by Crippen LogP contribution is 2.32. The van der Waals surface area contributed by atoms with Gasteiger partial charge in [0, 0.05) is 41.9 Å². The predicted octanol–water partition coefficient (Wildman–Crippen LogP) is 5.16. The summed E-state index contributed by atoms with van der Waals surface area (Å²) in [6, 6.07) is 14.0. The van der Waals surface area contributed by atoms with Crippen LogP contribution in [0.4, 0.5) is 5.13 Å². The Balaban J connectivity index is 1.41. The Kier molecular flexibility index (Phi) is 6.49. The highest BCUT2D eigenvalue weighted by molar-refractivity contribution is 7.99. The van der Waals surface area contributed by atoms with E-state index >= 15 is 0 Å². The molecule has 1 fully saturated rings. The fraction of sp³-hybridized carbons (Fsp3) is 0.391. The van der Waals surface area contributed by atoms with Crippen molar-refractivity contribution < 1.29 is 9.53 Å². The number of aromatic nitrogens is 1. The van der Waals surface area contributed by atoms with Crippen LogP contribution in [0.1, 0.15) is 31.1 Å². The van der Waals surface area contributed by atoms with E-state index < -0.39 is 0 Å². The maximum Gasteiger partial charge on any atom is 0.254 e. The molecule has 3 aromatic rings. The summed E-state index contributed by atoms with van der Waals surface area (Å²) in [5.74, 6) is 1.000. The van der Waals surface area contributed by atoms with Crippen molar-refractivity contribution in [1.29, 1.82) is 0 Å². The summed E-state index contributed by atoms with van der Waals surface area (Å²) in [6.45, 7) is 9.99. The molecule has 2 heterocycles. The van der Waals surface area contributed by atoms with Crippen molar-refractivity contribution in [2.75, 3.05) is 37.7 Å². The lowest BCUT2D eigenvalue weighted by Crippen LogP contribution is -2.48. The van der Waals surface area contributed by atoms with E-state index in [1.165, 1.54) is 0 Å². The zero-order valence-electron chi connectivity index (χ0n) is 17.6. The molecule has 158 valence electrons. The van der Waals surface area contributed by atoms with E-state index in [4.69, 9.17) is 9.72 Å². The Bertz CT molecular complexity index is 1030. The fourth-order valence-corrected chi connectivity index (χ4v) is 5.48. The molecule has 0 radical (unpaired) electrons. The highest BCUT2D eigenvalue weighted by atomic mass is 32.2. The van der Waals surface area contributed by atoms with Gasteiger partial charge in [-0.2, -0.15) is 0 Å². The van der Waals surface area contributed by atoms with Gasteiger partial charge in [0.2, 0.25) is 0 Å². The first kappa shape index (κ1) is 21.0. The number of thiazole rings is 1. The Morgan fingerprint density at radius 2 is 1.97 bits per heavy atom. The quantitative estimate of drug-likeness (QED) is 0.495. The first-order valence-corrected chi connectivity index (χ1v) is 12.1. The van der Waals surface area contributed by atoms with Gasteiger partial charge < -0.3 is 14.5 Å². The summed E-state index contributed by atoms with van der Waals surface area (Å²) in [5, 5.41) is 1.51. The first-order valence-electron chi connectivity index (χ1n) is 10.4. The standard InChI is InChI=1S/C23H27N3O2S2/c1-4-28-18-8-9-20-21(15-18)30-23(24-20)26-12-10-25(11-13-26)22(27)17-6-5-7-19(14-17)29-16(2)3/h5-9,14-16H,4,10-13H2,1-3H3. The number of hydrogen-bond donors (Lipinski definition) is 0. The molecule has 0 saturated carbocycles. The zero-order chi connectivity index (χ0) is 21.1. The van der Waals surface area contributed by atoms with Crippen molar-refractivity contribution in [3.63, 3.8) is 0 Å². The van der Waals surface area contributed by atoms with Crippen LogP contribution < -0.4 is 9.64 Å². The Morgan fingerprint density at radius 3 is 2.70 bits per heavy atom. The zero-order valence-corrected chi connectivity index (χ0v) is 19.3. The van der Waals surface area contributed by atoms with Crippen LogP contribution in [-0.2, 0) is 0 Å². The molecule has 0 N–H and O–H groups in total. The summed E-state index contributed by atoms with van der Waals surface area (Å²) in [7, 11) is 0. The monoisotopic (exact) mass is 441 g/mol. The van der Waals surface area contributed by atoms with E-state index in [-0.39, 0.29) is 5.91 Å². The largest absolute Gasteiger partial charge is 0.494 e. The van der Waals surface area contributed by atoms with Gasteiger partial charge in [-0.15, -0.1) is 11.8 Å². The molecule has 1 amide bonds. The second kappa shape index (κ2) is 9.27. The van der Waals surface area contributed by atoms with Gasteiger partial charge >= 0.3 is 0 Å². The van der Waals surface area contributed by atoms with E-state index in [0.29, 0.717) is 24.9 Å². The SMILES string of the molecule is CCOc1ccc2nc(N3CCN(C(=O)c4cccc(SC(C)C)c4)CC3)sc2c1. The Morgan fingerprint density at radius 1 is 1.17 bits per heavy atom. The van der Waals surface area contributed by atoms with Gasteiger partial charge in [0.25, 0.3) is 5.91 Å². The van der Waals surface area contributed by atoms with E-state index in [9.17, 15) is 4.79 Å². The number of fused-ring (bicyclic) bond motifs is 1. The van der Waals surface area contributed by atoms with Crippen LogP contribution in [0.25, 0.3) is 10.2 Å². The van der Waals surface area contributed by atoms with Crippen molar-refractivity contribution in [3.8, 4) is 5.75 Å². The van der Waals surface area contributed by atoms with Gasteiger partial charge in [0.15, 0.2) is 5.13 Å². The van der Waals surface area contributed by atoms with Gasteiger partial charge in [-0.05, 0) is 43.3 Å². The molecular weight excluding hydrogens is 414 g/mol. The minimum atomic E-state index is 0.117. The van der Waals surface area contributed by atoms with Crippen molar-refractivity contribution >= 4 is 44.4 Å². The van der Waals surface area contributed by atoms with Gasteiger partial charge in [0.1, 0.15) is 5.75 Å². The predicted molar refractivity (Wildman–Crippen MR) is 126 cm³/mol. The number of nitrogens with zero attached hydrogens (tertiary/aromatic N) is 3. The number of carbonyl (C=O) groups is 1. The number of ether oxygens (including phenoxy) is 1. The van der Waals surface area contributed by atoms with Gasteiger partial charge in [-0.1, -0.05) is 31.3 Å². The normalized spacial score (nSPS) is 14.5. The number of anilines is 1. The van der Waals surface area contributed by atoms with Gasteiger partial charge in [0.05, 0.1) is 16.8 Å². The van der Waals surface area contributed by atoms with Crippen LogP contribution in [0.3, 0.4) is 0 Å². The minimum Gasteiger partial charge on any atom is -0.494 e. The van der Waals surface area contributed by atoms with Gasteiger partial charge in [-0.3, -0.25) is 4.79 Å². The molecule has 0 aliphatic carbocycles. The molecule has 4 rings (SSSR count). The third-order valence-electron chi connectivity index (χ3n) is 4.95. The molecule has 0 spiro atoms. The lowest BCUT2D eigenvalue weighted by Gasteiger charge is -2.34. The Labute approximate surface area is 186 Å². The molecule has 1 saturated heterocycles. The molecule has 30 heavy (non-hydrogen) atoms. The number of piperazine rings is 1. The molecule has 7 heteroatoms. The molecule has 1 aliphatic heterocycles. The number of rotatable bonds is 6. The fourth-order valence-electron chi connectivity index (χ4n) is 3.54. The molecule has 0 unspecified atom stereocenters. The van der Waals surface area contributed by atoms with Crippen LogP contribution in [0, 0.1) is 0 Å². The molecule has 0 bridgehead atoms. The van der Waals surface area contributed by atoms with Crippen LogP contribution in [-0.4, -0.2) is 53.8 Å². The van der Waals surface area contributed by atoms with Crippen LogP contribution in [0.15, 0.2) is 47.4 Å². The van der Waals surface area contributed by atoms with Crippen molar-refractivity contribution in [2.45, 2.75) is 30.9 Å². The maximum atomic E-state index is 13.0. The number of amides is 1. The van der Waals surface area contributed by atoms with E-state index in [0.717, 1.165) is 44.6 Å². The Hall–Kier alpha value is -2.25. The molecule has 1 aromatic heterocycles. The van der Waals surface area contributed by atoms with Crippen LogP contribution in [0.5, 0.6) is 5.75 Å². The molecule has 0 atom stereocenters. The smallest absolute Gasteiger partial charge is 0.254 e. The van der Waals surface area contributed by atoms with Crippen molar-refractivity contribution in [3.05, 3.63) is 48.0 Å². The van der Waals surface area contributed by atoms with Crippen LogP contribution in [0.2, 0.25) is 0 Å². The minimum absolute atomic E-state index is 0.117. The number of hydrogen-bond acceptors (Lipinski definition) is 6. The summed E-state index contributed by atoms with van der Waals surface area (Å²) < 4.78 is 6.73. The lowest BCUT2D eigenvalue weighted by molar-refractivity contribution is 0.0746. The average molecular weight is 442 g/mol. The summed E-state index contributed by atoms with van der Waals surface area (Å²) in [4.78, 5) is 23.2. The second-order valence-corrected chi connectivity index (χ2v) is 10.2. The van der Waals surface area contributed by atoms with Crippen molar-refractivity contribution in [2.24, 2.45) is 0 Å². The maximum absolute atomic E-state index is 13.0. The van der Waals surface area contributed by atoms with E-state index in [1.54, 1.807) is 23.1 Å². The van der Waals surface area contributed by atoms with Crippen molar-refractivity contribution in [1.82, 2.24) is 9.88 Å². The summed E-state index contributed by atoms with van der Waals surface area (Å²) in [6.07, 6.45) is 0. The summed E-state index contributed by atoms with van der Waals surface area (Å²) >= 11 is 3.47. The van der Waals surface area contributed by atoms with Gasteiger partial charge in [-0.25, -0.2) is 4.98 Å². The third kappa shape index (κ3) is 4.73. The molecule has 5 nitrogen and oxygen atoms in total. The van der Waals surface area contributed by atoms with Crippen LogP contribution >= 0.6 is 23.1 Å². The molecular formula is C23H27N3O2S2. The lowest BCUT2D eigenvalue weighted by atomic mass is 10.2.